The first-order valence-corrected chi connectivity index (χ1v) is 8.22. The first-order chi connectivity index (χ1) is 10.2. The number of H-pyrrole nitrogens is 1. The van der Waals surface area contributed by atoms with Crippen LogP contribution in [0.1, 0.15) is 43.5 Å². The topological polar surface area (TPSA) is 52.2 Å². The van der Waals surface area contributed by atoms with Crippen LogP contribution in [0.2, 0.25) is 0 Å². The summed E-state index contributed by atoms with van der Waals surface area (Å²) in [5.74, 6) is 0.692. The van der Waals surface area contributed by atoms with Crippen LogP contribution >= 0.6 is 0 Å². The number of aromatic nitrogens is 2. The minimum Gasteiger partial charge on any atom is -0.365 e. The van der Waals surface area contributed by atoms with Crippen molar-refractivity contribution in [2.45, 2.75) is 46.0 Å². The Balaban J connectivity index is 1.59. The van der Waals surface area contributed by atoms with E-state index in [1.54, 1.807) is 0 Å². The van der Waals surface area contributed by atoms with Gasteiger partial charge in [0.1, 0.15) is 0 Å². The second-order valence-corrected chi connectivity index (χ2v) is 6.43. The summed E-state index contributed by atoms with van der Waals surface area (Å²) < 4.78 is 0. The zero-order valence-electron chi connectivity index (χ0n) is 13.2. The molecule has 0 bridgehead atoms. The molecule has 1 saturated heterocycles. The Kier molecular flexibility index (Phi) is 4.17. The van der Waals surface area contributed by atoms with Gasteiger partial charge in [0.05, 0.1) is 17.1 Å². The Hall–Kier alpha value is -1.52. The fourth-order valence-corrected chi connectivity index (χ4v) is 3.77. The van der Waals surface area contributed by atoms with Gasteiger partial charge in [0.25, 0.3) is 0 Å². The number of amides is 1. The molecular weight excluding hydrogens is 264 g/mol. The summed E-state index contributed by atoms with van der Waals surface area (Å²) in [5.41, 5.74) is 3.40. The third-order valence-corrected chi connectivity index (χ3v) is 4.95. The Labute approximate surface area is 126 Å². The highest BCUT2D eigenvalue weighted by molar-refractivity contribution is 5.79. The summed E-state index contributed by atoms with van der Waals surface area (Å²) in [4.78, 5) is 17.0. The Bertz CT molecular complexity index is 477. The van der Waals surface area contributed by atoms with E-state index in [0.29, 0.717) is 11.8 Å². The largest absolute Gasteiger partial charge is 0.365 e. The quantitative estimate of drug-likeness (QED) is 0.909. The SMILES string of the molecule is Cc1n[nH]c(C)c1N1CCN(C(=O)C2CCCCC2)CC1. The van der Waals surface area contributed by atoms with E-state index >= 15 is 0 Å². The Morgan fingerprint density at radius 2 is 1.76 bits per heavy atom. The van der Waals surface area contributed by atoms with E-state index in [4.69, 9.17) is 0 Å². The monoisotopic (exact) mass is 290 g/mol. The van der Waals surface area contributed by atoms with Crippen LogP contribution < -0.4 is 4.90 Å². The number of anilines is 1. The zero-order chi connectivity index (χ0) is 14.8. The summed E-state index contributed by atoms with van der Waals surface area (Å²) in [6, 6.07) is 0. The summed E-state index contributed by atoms with van der Waals surface area (Å²) in [6.45, 7) is 7.63. The zero-order valence-corrected chi connectivity index (χ0v) is 13.2. The molecule has 0 unspecified atom stereocenters. The van der Waals surface area contributed by atoms with Crippen molar-refractivity contribution in [3.63, 3.8) is 0 Å². The lowest BCUT2D eigenvalue weighted by Gasteiger charge is -2.38. The van der Waals surface area contributed by atoms with Crippen LogP contribution in [0, 0.1) is 19.8 Å². The van der Waals surface area contributed by atoms with Gasteiger partial charge in [-0.2, -0.15) is 5.10 Å². The number of aryl methyl sites for hydroxylation is 2. The standard InChI is InChI=1S/C16H26N4O/c1-12-15(13(2)18-17-12)19-8-10-20(11-9-19)16(21)14-6-4-3-5-7-14/h14H,3-11H2,1-2H3,(H,17,18). The number of piperazine rings is 1. The van der Waals surface area contributed by atoms with Gasteiger partial charge in [0, 0.05) is 32.1 Å². The van der Waals surface area contributed by atoms with Gasteiger partial charge >= 0.3 is 0 Å². The maximum Gasteiger partial charge on any atom is 0.225 e. The lowest BCUT2D eigenvalue weighted by Crippen LogP contribution is -2.50. The highest BCUT2D eigenvalue weighted by Gasteiger charge is 2.29. The van der Waals surface area contributed by atoms with Crippen molar-refractivity contribution >= 4 is 11.6 Å². The third kappa shape index (κ3) is 2.92. The van der Waals surface area contributed by atoms with Gasteiger partial charge in [-0.3, -0.25) is 9.89 Å². The Morgan fingerprint density at radius 1 is 1.10 bits per heavy atom. The molecule has 1 N–H and O–H groups in total. The van der Waals surface area contributed by atoms with Gasteiger partial charge in [0.2, 0.25) is 5.91 Å². The van der Waals surface area contributed by atoms with Crippen LogP contribution in [0.15, 0.2) is 0 Å². The average molecular weight is 290 g/mol. The predicted octanol–water partition coefficient (Wildman–Crippen LogP) is 2.26. The highest BCUT2D eigenvalue weighted by Crippen LogP contribution is 2.27. The van der Waals surface area contributed by atoms with Gasteiger partial charge < -0.3 is 9.80 Å². The highest BCUT2D eigenvalue weighted by atomic mass is 16.2. The number of hydrogen-bond donors (Lipinski definition) is 1. The van der Waals surface area contributed by atoms with E-state index in [-0.39, 0.29) is 0 Å². The molecule has 0 atom stereocenters. The molecule has 5 nitrogen and oxygen atoms in total. The van der Waals surface area contributed by atoms with E-state index < -0.39 is 0 Å². The number of carbonyl (C=O) groups is 1. The summed E-state index contributed by atoms with van der Waals surface area (Å²) >= 11 is 0. The lowest BCUT2D eigenvalue weighted by molar-refractivity contribution is -0.136. The van der Waals surface area contributed by atoms with Crippen LogP contribution in [0.5, 0.6) is 0 Å². The van der Waals surface area contributed by atoms with Crippen LogP contribution in [0.3, 0.4) is 0 Å². The van der Waals surface area contributed by atoms with Crippen molar-refractivity contribution < 1.29 is 4.79 Å². The molecule has 1 aromatic rings. The van der Waals surface area contributed by atoms with E-state index in [2.05, 4.69) is 26.9 Å². The molecule has 0 spiro atoms. The minimum absolute atomic E-state index is 0.294. The molecule has 1 saturated carbocycles. The van der Waals surface area contributed by atoms with Crippen molar-refractivity contribution in [1.82, 2.24) is 15.1 Å². The van der Waals surface area contributed by atoms with Crippen molar-refractivity contribution in [2.24, 2.45) is 5.92 Å². The normalized spacial score (nSPS) is 20.9. The summed E-state index contributed by atoms with van der Waals surface area (Å²) in [7, 11) is 0. The van der Waals surface area contributed by atoms with Gasteiger partial charge in [-0.1, -0.05) is 19.3 Å². The van der Waals surface area contributed by atoms with Crippen LogP contribution in [0.25, 0.3) is 0 Å². The fraction of sp³-hybridized carbons (Fsp3) is 0.750. The second kappa shape index (κ2) is 6.08. The number of carbonyl (C=O) groups excluding carboxylic acids is 1. The molecule has 2 fully saturated rings. The number of rotatable bonds is 2. The Morgan fingerprint density at radius 3 is 2.33 bits per heavy atom. The minimum atomic E-state index is 0.294. The second-order valence-electron chi connectivity index (χ2n) is 6.43. The molecule has 2 heterocycles. The first-order valence-electron chi connectivity index (χ1n) is 8.22. The number of nitrogens with one attached hydrogen (secondary N) is 1. The molecule has 3 rings (SSSR count). The van der Waals surface area contributed by atoms with Crippen molar-refractivity contribution in [2.75, 3.05) is 31.1 Å². The van der Waals surface area contributed by atoms with Gasteiger partial charge in [-0.25, -0.2) is 0 Å². The smallest absolute Gasteiger partial charge is 0.225 e. The van der Waals surface area contributed by atoms with Crippen LogP contribution in [0.4, 0.5) is 5.69 Å². The summed E-state index contributed by atoms with van der Waals surface area (Å²) in [5, 5.41) is 7.32. The van der Waals surface area contributed by atoms with E-state index in [1.807, 2.05) is 6.92 Å². The number of hydrogen-bond acceptors (Lipinski definition) is 3. The van der Waals surface area contributed by atoms with Crippen LogP contribution in [-0.4, -0.2) is 47.2 Å². The van der Waals surface area contributed by atoms with E-state index in [1.165, 1.54) is 24.9 Å². The van der Waals surface area contributed by atoms with Gasteiger partial charge in [-0.15, -0.1) is 0 Å². The van der Waals surface area contributed by atoms with Crippen molar-refractivity contribution in [1.29, 1.82) is 0 Å². The van der Waals surface area contributed by atoms with E-state index in [0.717, 1.165) is 50.4 Å². The predicted molar refractivity (Wildman–Crippen MR) is 83.4 cm³/mol. The third-order valence-electron chi connectivity index (χ3n) is 4.95. The molecule has 1 amide bonds. The van der Waals surface area contributed by atoms with Crippen LogP contribution in [-0.2, 0) is 4.79 Å². The number of nitrogens with zero attached hydrogens (tertiary/aromatic N) is 3. The van der Waals surface area contributed by atoms with Gasteiger partial charge in [0.15, 0.2) is 0 Å². The molecular formula is C16H26N4O. The fourth-order valence-electron chi connectivity index (χ4n) is 3.77. The molecule has 1 aromatic heterocycles. The number of aromatic amines is 1. The summed E-state index contributed by atoms with van der Waals surface area (Å²) in [6.07, 6.45) is 5.95. The van der Waals surface area contributed by atoms with Gasteiger partial charge in [-0.05, 0) is 26.7 Å². The maximum absolute atomic E-state index is 12.6. The van der Waals surface area contributed by atoms with Crippen molar-refractivity contribution in [3.8, 4) is 0 Å². The molecule has 1 aliphatic carbocycles. The molecule has 0 aromatic carbocycles. The maximum atomic E-state index is 12.6. The van der Waals surface area contributed by atoms with Crippen molar-refractivity contribution in [3.05, 3.63) is 11.4 Å². The molecule has 0 radical (unpaired) electrons. The lowest BCUT2D eigenvalue weighted by atomic mass is 9.88. The molecule has 2 aliphatic rings. The molecule has 1 aliphatic heterocycles. The average Bonchev–Trinajstić information content (AvgIpc) is 2.87. The molecule has 116 valence electrons. The molecule has 5 heteroatoms. The first kappa shape index (κ1) is 14.4. The molecule has 21 heavy (non-hydrogen) atoms. The van der Waals surface area contributed by atoms with E-state index in [9.17, 15) is 4.79 Å².